The number of sulfonamides is 1. The van der Waals surface area contributed by atoms with Gasteiger partial charge in [-0.05, 0) is 24.3 Å². The summed E-state index contributed by atoms with van der Waals surface area (Å²) in [4.78, 5) is 5.58. The van der Waals surface area contributed by atoms with E-state index in [-0.39, 0.29) is 26.9 Å². The molecule has 0 unspecified atom stereocenters. The lowest BCUT2D eigenvalue weighted by Gasteiger charge is -2.14. The summed E-state index contributed by atoms with van der Waals surface area (Å²) in [5.74, 6) is 0. The number of aromatic nitrogens is 1. The third-order valence-electron chi connectivity index (χ3n) is 4.08. The van der Waals surface area contributed by atoms with Gasteiger partial charge in [0.25, 0.3) is 0 Å². The fourth-order valence-electron chi connectivity index (χ4n) is 2.62. The van der Waals surface area contributed by atoms with Gasteiger partial charge in [0.1, 0.15) is 4.90 Å². The van der Waals surface area contributed by atoms with E-state index in [1.165, 1.54) is 25.4 Å². The standard InChI is InChI=1S/C20H20ClN3O2S2.BrH/c1-4-12-24-18(14-27-20(24)22-16-8-6-5-7-9-16)15-10-11-17(21)19(13-15)28(25,26)23(2)3;/h4-11,13-14H,1,12H2,2-3H3;1H/b22-20+;. The Morgan fingerprint density at radius 1 is 1.21 bits per heavy atom. The number of benzene rings is 2. The van der Waals surface area contributed by atoms with E-state index >= 15 is 0 Å². The predicted molar refractivity (Wildman–Crippen MR) is 126 cm³/mol. The lowest BCUT2D eigenvalue weighted by atomic mass is 10.2. The summed E-state index contributed by atoms with van der Waals surface area (Å²) >= 11 is 7.67. The molecule has 1 heterocycles. The molecule has 0 aliphatic rings. The highest BCUT2D eigenvalue weighted by molar-refractivity contribution is 8.93. The maximum Gasteiger partial charge on any atom is 0.244 e. The summed E-state index contributed by atoms with van der Waals surface area (Å²) in [5, 5.41) is 2.15. The van der Waals surface area contributed by atoms with Crippen molar-refractivity contribution in [2.24, 2.45) is 4.99 Å². The third-order valence-corrected chi connectivity index (χ3v) is 7.24. The van der Waals surface area contributed by atoms with Crippen molar-refractivity contribution in [1.82, 2.24) is 8.87 Å². The number of thiazole rings is 1. The smallest absolute Gasteiger partial charge is 0.244 e. The van der Waals surface area contributed by atoms with E-state index in [1.54, 1.807) is 18.2 Å². The molecule has 3 rings (SSSR count). The molecule has 0 atom stereocenters. The summed E-state index contributed by atoms with van der Waals surface area (Å²) in [5.41, 5.74) is 2.45. The van der Waals surface area contributed by atoms with Crippen molar-refractivity contribution >= 4 is 55.6 Å². The first-order valence-electron chi connectivity index (χ1n) is 8.46. The second-order valence-electron chi connectivity index (χ2n) is 6.18. The Labute approximate surface area is 190 Å². The zero-order chi connectivity index (χ0) is 20.3. The molecule has 0 aliphatic carbocycles. The van der Waals surface area contributed by atoms with Gasteiger partial charge in [0.15, 0.2) is 4.80 Å². The molecule has 2 aromatic carbocycles. The van der Waals surface area contributed by atoms with Crippen molar-refractivity contribution in [2.45, 2.75) is 11.4 Å². The average molecular weight is 515 g/mol. The van der Waals surface area contributed by atoms with Gasteiger partial charge < -0.3 is 4.57 Å². The Hall–Kier alpha value is -1.71. The minimum absolute atomic E-state index is 0. The van der Waals surface area contributed by atoms with Crippen LogP contribution in [0.2, 0.25) is 5.02 Å². The summed E-state index contributed by atoms with van der Waals surface area (Å²) in [6, 6.07) is 14.7. The van der Waals surface area contributed by atoms with Crippen LogP contribution < -0.4 is 4.80 Å². The fraction of sp³-hybridized carbons (Fsp3) is 0.150. The second-order valence-corrected chi connectivity index (χ2v) is 9.55. The van der Waals surface area contributed by atoms with Crippen LogP contribution in [0.15, 0.2) is 76.5 Å². The molecule has 1 aromatic heterocycles. The van der Waals surface area contributed by atoms with Crippen LogP contribution in [0.5, 0.6) is 0 Å². The molecule has 0 aliphatic heterocycles. The van der Waals surface area contributed by atoms with E-state index in [9.17, 15) is 8.42 Å². The number of nitrogens with zero attached hydrogens (tertiary/aromatic N) is 3. The van der Waals surface area contributed by atoms with Crippen LogP contribution in [0.25, 0.3) is 11.3 Å². The Morgan fingerprint density at radius 2 is 1.90 bits per heavy atom. The van der Waals surface area contributed by atoms with Crippen molar-refractivity contribution in [3.05, 3.63) is 76.4 Å². The van der Waals surface area contributed by atoms with E-state index in [0.717, 1.165) is 26.1 Å². The molecule has 3 aromatic rings. The fourth-order valence-corrected chi connectivity index (χ4v) is 4.96. The van der Waals surface area contributed by atoms with E-state index in [4.69, 9.17) is 16.6 Å². The molecule has 0 N–H and O–H groups in total. The molecule has 0 radical (unpaired) electrons. The highest BCUT2D eigenvalue weighted by atomic mass is 79.9. The van der Waals surface area contributed by atoms with Crippen LogP contribution in [0, 0.1) is 0 Å². The Bertz CT molecular complexity index is 1170. The molecular formula is C20H21BrClN3O2S2. The van der Waals surface area contributed by atoms with Gasteiger partial charge in [0.2, 0.25) is 10.0 Å². The first-order chi connectivity index (χ1) is 13.3. The minimum Gasteiger partial charge on any atom is -0.313 e. The lowest BCUT2D eigenvalue weighted by Crippen LogP contribution is -2.22. The zero-order valence-electron chi connectivity index (χ0n) is 15.9. The topological polar surface area (TPSA) is 54.7 Å². The quantitative estimate of drug-likeness (QED) is 0.429. The van der Waals surface area contributed by atoms with Crippen LogP contribution >= 0.6 is 39.9 Å². The molecule has 5 nitrogen and oxygen atoms in total. The van der Waals surface area contributed by atoms with Crippen molar-refractivity contribution < 1.29 is 8.42 Å². The molecule has 154 valence electrons. The number of hydrogen-bond donors (Lipinski definition) is 0. The minimum atomic E-state index is -3.65. The summed E-state index contributed by atoms with van der Waals surface area (Å²) in [6.07, 6.45) is 1.79. The third kappa shape index (κ3) is 5.07. The van der Waals surface area contributed by atoms with E-state index in [0.29, 0.717) is 6.54 Å². The van der Waals surface area contributed by atoms with Gasteiger partial charge >= 0.3 is 0 Å². The molecule has 0 bridgehead atoms. The first kappa shape index (κ1) is 23.6. The lowest BCUT2D eigenvalue weighted by molar-refractivity contribution is 0.521. The van der Waals surface area contributed by atoms with Crippen LogP contribution in [0.4, 0.5) is 5.69 Å². The first-order valence-corrected chi connectivity index (χ1v) is 11.2. The molecular weight excluding hydrogens is 494 g/mol. The molecule has 9 heteroatoms. The average Bonchev–Trinajstić information content (AvgIpc) is 3.05. The van der Waals surface area contributed by atoms with Crippen LogP contribution in [0.3, 0.4) is 0 Å². The van der Waals surface area contributed by atoms with Gasteiger partial charge in [-0.25, -0.2) is 17.7 Å². The summed E-state index contributed by atoms with van der Waals surface area (Å²) in [6.45, 7) is 4.38. The molecule has 0 amide bonds. The van der Waals surface area contributed by atoms with E-state index in [2.05, 4.69) is 6.58 Å². The van der Waals surface area contributed by atoms with Gasteiger partial charge in [-0.2, -0.15) is 0 Å². The molecule has 0 saturated carbocycles. The summed E-state index contributed by atoms with van der Waals surface area (Å²) < 4.78 is 28.3. The maximum atomic E-state index is 12.6. The van der Waals surface area contributed by atoms with E-state index in [1.807, 2.05) is 46.3 Å². The van der Waals surface area contributed by atoms with Crippen molar-refractivity contribution in [2.75, 3.05) is 14.1 Å². The van der Waals surface area contributed by atoms with E-state index < -0.39 is 10.0 Å². The number of rotatable bonds is 6. The largest absolute Gasteiger partial charge is 0.313 e. The van der Waals surface area contributed by atoms with Crippen LogP contribution in [-0.2, 0) is 16.6 Å². The zero-order valence-corrected chi connectivity index (χ0v) is 20.1. The second kappa shape index (κ2) is 9.86. The monoisotopic (exact) mass is 513 g/mol. The predicted octanol–water partition coefficient (Wildman–Crippen LogP) is 5.12. The highest BCUT2D eigenvalue weighted by Gasteiger charge is 2.22. The van der Waals surface area contributed by atoms with Gasteiger partial charge in [0.05, 0.1) is 16.4 Å². The molecule has 0 saturated heterocycles. The number of halogens is 2. The Balaban J connectivity index is 0.00000300. The van der Waals surface area contributed by atoms with Gasteiger partial charge in [-0.1, -0.05) is 41.9 Å². The Morgan fingerprint density at radius 3 is 2.52 bits per heavy atom. The number of allylic oxidation sites excluding steroid dienone is 1. The van der Waals surface area contributed by atoms with Gasteiger partial charge in [-0.15, -0.1) is 34.9 Å². The van der Waals surface area contributed by atoms with Crippen molar-refractivity contribution in [1.29, 1.82) is 0 Å². The molecule has 0 fully saturated rings. The number of hydrogen-bond acceptors (Lipinski definition) is 4. The maximum absolute atomic E-state index is 12.6. The normalized spacial score (nSPS) is 12.1. The van der Waals surface area contributed by atoms with Crippen molar-refractivity contribution in [3.8, 4) is 11.3 Å². The van der Waals surface area contributed by atoms with Gasteiger partial charge in [0, 0.05) is 31.6 Å². The van der Waals surface area contributed by atoms with Gasteiger partial charge in [-0.3, -0.25) is 0 Å². The van der Waals surface area contributed by atoms with Crippen LogP contribution in [-0.4, -0.2) is 31.4 Å². The summed E-state index contributed by atoms with van der Waals surface area (Å²) in [7, 11) is -0.685. The van der Waals surface area contributed by atoms with Crippen LogP contribution in [0.1, 0.15) is 0 Å². The van der Waals surface area contributed by atoms with Crippen molar-refractivity contribution in [3.63, 3.8) is 0 Å². The highest BCUT2D eigenvalue weighted by Crippen LogP contribution is 2.30. The molecule has 29 heavy (non-hydrogen) atoms. The Kier molecular flexibility index (Phi) is 8.02. The number of para-hydroxylation sites is 1. The SMILES string of the molecule is Br.C=CCn1c(-c2ccc(Cl)c(S(=O)(=O)N(C)C)c2)cs/c1=N/c1ccccc1. The molecule has 0 spiro atoms.